The summed E-state index contributed by atoms with van der Waals surface area (Å²) in [7, 11) is 0. The van der Waals surface area contributed by atoms with E-state index in [1.54, 1.807) is 0 Å². The molecule has 0 radical (unpaired) electrons. The predicted molar refractivity (Wildman–Crippen MR) is 80.6 cm³/mol. The molecule has 3 rings (SSSR count). The monoisotopic (exact) mass is 284 g/mol. The van der Waals surface area contributed by atoms with E-state index in [9.17, 15) is 4.79 Å². The van der Waals surface area contributed by atoms with Gasteiger partial charge < -0.3 is 4.98 Å². The lowest BCUT2D eigenvalue weighted by Crippen LogP contribution is -2.09. The second-order valence-corrected chi connectivity index (χ2v) is 5.17. The second-order valence-electron chi connectivity index (χ2n) is 4.21. The number of benzene rings is 1. The number of rotatable bonds is 4. The number of hydrogen-bond donors (Lipinski definition) is 2. The van der Waals surface area contributed by atoms with Crippen molar-refractivity contribution in [2.24, 2.45) is 0 Å². The molecule has 0 fully saturated rings. The topological polar surface area (TPSA) is 74.4 Å². The molecular formula is C14H12N4OS. The highest BCUT2D eigenvalue weighted by Gasteiger charge is 2.06. The van der Waals surface area contributed by atoms with Crippen LogP contribution in [0.4, 0.5) is 0 Å². The Bertz CT molecular complexity index is 804. The highest BCUT2D eigenvalue weighted by atomic mass is 32.2. The Morgan fingerprint density at radius 3 is 2.85 bits per heavy atom. The van der Waals surface area contributed by atoms with Gasteiger partial charge in [-0.05, 0) is 11.1 Å². The van der Waals surface area contributed by atoms with Gasteiger partial charge in [-0.15, -0.1) is 0 Å². The van der Waals surface area contributed by atoms with Gasteiger partial charge >= 0.3 is 0 Å². The van der Waals surface area contributed by atoms with Crippen LogP contribution in [-0.4, -0.2) is 19.9 Å². The van der Waals surface area contributed by atoms with Crippen LogP contribution in [0, 0.1) is 0 Å². The fourth-order valence-corrected chi connectivity index (χ4v) is 2.60. The van der Waals surface area contributed by atoms with Crippen molar-refractivity contribution < 1.29 is 0 Å². The largest absolute Gasteiger partial charge is 0.339 e. The molecule has 0 atom stereocenters. The van der Waals surface area contributed by atoms with Gasteiger partial charge in [0.2, 0.25) is 0 Å². The summed E-state index contributed by atoms with van der Waals surface area (Å²) < 4.78 is 0. The van der Waals surface area contributed by atoms with Crippen molar-refractivity contribution in [2.45, 2.75) is 10.9 Å². The molecule has 1 aromatic carbocycles. The van der Waals surface area contributed by atoms with E-state index in [4.69, 9.17) is 0 Å². The molecule has 0 saturated heterocycles. The van der Waals surface area contributed by atoms with E-state index < -0.39 is 0 Å². The van der Waals surface area contributed by atoms with Crippen LogP contribution in [0.15, 0.2) is 47.1 Å². The molecular weight excluding hydrogens is 272 g/mol. The number of aromatic amines is 2. The van der Waals surface area contributed by atoms with E-state index in [0.717, 1.165) is 16.9 Å². The minimum Gasteiger partial charge on any atom is -0.339 e. The number of H-pyrrole nitrogens is 2. The molecule has 0 unspecified atom stereocenters. The predicted octanol–water partition coefficient (Wildman–Crippen LogP) is 2.58. The first-order valence-electron chi connectivity index (χ1n) is 6.04. The molecule has 3 aromatic rings. The van der Waals surface area contributed by atoms with Crippen LogP contribution in [0.2, 0.25) is 0 Å². The van der Waals surface area contributed by atoms with Gasteiger partial charge in [0.1, 0.15) is 0 Å². The van der Waals surface area contributed by atoms with Gasteiger partial charge in [0.25, 0.3) is 5.56 Å². The van der Waals surface area contributed by atoms with Gasteiger partial charge in [-0.1, -0.05) is 48.7 Å². The third kappa shape index (κ3) is 2.50. The van der Waals surface area contributed by atoms with Crippen LogP contribution in [0.1, 0.15) is 11.1 Å². The Labute approximate surface area is 119 Å². The van der Waals surface area contributed by atoms with Crippen molar-refractivity contribution in [3.05, 3.63) is 58.7 Å². The first-order chi connectivity index (χ1) is 9.76. The molecule has 0 aliphatic carbocycles. The fraction of sp³-hybridized carbons (Fsp3) is 0.0714. The molecule has 0 spiro atoms. The van der Waals surface area contributed by atoms with Gasteiger partial charge in [-0.25, -0.2) is 9.97 Å². The molecule has 0 saturated carbocycles. The first-order valence-corrected chi connectivity index (χ1v) is 7.02. The molecule has 20 heavy (non-hydrogen) atoms. The van der Waals surface area contributed by atoms with Crippen LogP contribution in [0.25, 0.3) is 17.2 Å². The van der Waals surface area contributed by atoms with Crippen molar-refractivity contribution in [2.75, 3.05) is 0 Å². The van der Waals surface area contributed by atoms with E-state index in [1.807, 2.05) is 30.3 Å². The smallest absolute Gasteiger partial charge is 0.277 e. The number of nitrogens with one attached hydrogen (secondary N) is 2. The number of fused-ring (bicyclic) bond motifs is 1. The second kappa shape index (κ2) is 5.34. The number of imidazole rings is 1. The fourth-order valence-electron chi connectivity index (χ4n) is 1.79. The molecule has 0 aliphatic rings. The van der Waals surface area contributed by atoms with Crippen molar-refractivity contribution >= 4 is 29.0 Å². The van der Waals surface area contributed by atoms with Gasteiger partial charge in [-0.2, -0.15) is 0 Å². The average molecular weight is 284 g/mol. The van der Waals surface area contributed by atoms with Gasteiger partial charge in [0.15, 0.2) is 16.3 Å². The third-order valence-electron chi connectivity index (χ3n) is 2.87. The zero-order chi connectivity index (χ0) is 13.9. The molecule has 2 N–H and O–H groups in total. The molecule has 5 nitrogen and oxygen atoms in total. The maximum atomic E-state index is 11.8. The normalized spacial score (nSPS) is 10.8. The van der Waals surface area contributed by atoms with Gasteiger partial charge in [0.05, 0.1) is 6.33 Å². The number of hydrogen-bond acceptors (Lipinski definition) is 4. The Kier molecular flexibility index (Phi) is 3.39. The van der Waals surface area contributed by atoms with Crippen molar-refractivity contribution in [1.29, 1.82) is 0 Å². The third-order valence-corrected chi connectivity index (χ3v) is 3.81. The standard InChI is InChI=1S/C14H12N4OS/c1-2-9-3-5-10(6-4-9)7-20-14-17-12-11(13(19)18-14)15-8-16-12/h2-6,8H,1,7H2,(H2,15,16,17,18,19). The Morgan fingerprint density at radius 1 is 1.30 bits per heavy atom. The van der Waals surface area contributed by atoms with Crippen molar-refractivity contribution in [3.63, 3.8) is 0 Å². The summed E-state index contributed by atoms with van der Waals surface area (Å²) in [6, 6.07) is 8.09. The molecule has 0 aliphatic heterocycles. The lowest BCUT2D eigenvalue weighted by atomic mass is 10.1. The van der Waals surface area contributed by atoms with E-state index in [-0.39, 0.29) is 5.56 Å². The van der Waals surface area contributed by atoms with E-state index in [2.05, 4.69) is 26.5 Å². The summed E-state index contributed by atoms with van der Waals surface area (Å²) in [5, 5.41) is 0.572. The summed E-state index contributed by atoms with van der Waals surface area (Å²) in [5.41, 5.74) is 2.90. The van der Waals surface area contributed by atoms with Crippen molar-refractivity contribution in [3.8, 4) is 0 Å². The molecule has 2 heterocycles. The van der Waals surface area contributed by atoms with E-state index in [1.165, 1.54) is 18.1 Å². The summed E-state index contributed by atoms with van der Waals surface area (Å²) in [5.74, 6) is 0.732. The summed E-state index contributed by atoms with van der Waals surface area (Å²) in [4.78, 5) is 25.6. The van der Waals surface area contributed by atoms with E-state index in [0.29, 0.717) is 16.3 Å². The first kappa shape index (κ1) is 12.7. The Hall–Kier alpha value is -2.34. The van der Waals surface area contributed by atoms with Gasteiger partial charge in [-0.3, -0.25) is 9.78 Å². The minimum atomic E-state index is -0.197. The SMILES string of the molecule is C=Cc1ccc(CSc2nc3nc[nH]c3c(=O)[nH]2)cc1. The maximum absolute atomic E-state index is 11.8. The van der Waals surface area contributed by atoms with Crippen LogP contribution in [0.5, 0.6) is 0 Å². The molecule has 6 heteroatoms. The maximum Gasteiger partial charge on any atom is 0.277 e. The highest BCUT2D eigenvalue weighted by Crippen LogP contribution is 2.19. The van der Waals surface area contributed by atoms with Crippen LogP contribution in [-0.2, 0) is 5.75 Å². The lowest BCUT2D eigenvalue weighted by Gasteiger charge is -2.02. The quantitative estimate of drug-likeness (QED) is 0.570. The Morgan fingerprint density at radius 2 is 2.10 bits per heavy atom. The van der Waals surface area contributed by atoms with Gasteiger partial charge in [0, 0.05) is 5.75 Å². The van der Waals surface area contributed by atoms with Crippen LogP contribution >= 0.6 is 11.8 Å². The Balaban J connectivity index is 1.78. The average Bonchev–Trinajstić information content (AvgIpc) is 2.94. The lowest BCUT2D eigenvalue weighted by molar-refractivity contribution is 0.964. The zero-order valence-electron chi connectivity index (χ0n) is 10.6. The molecule has 0 amide bonds. The molecule has 100 valence electrons. The van der Waals surface area contributed by atoms with Crippen molar-refractivity contribution in [1.82, 2.24) is 19.9 Å². The van der Waals surface area contributed by atoms with Crippen LogP contribution < -0.4 is 5.56 Å². The summed E-state index contributed by atoms with van der Waals surface area (Å²) >= 11 is 1.47. The number of aromatic nitrogens is 4. The zero-order valence-corrected chi connectivity index (χ0v) is 11.4. The molecule has 0 bridgehead atoms. The van der Waals surface area contributed by atoms with E-state index >= 15 is 0 Å². The summed E-state index contributed by atoms with van der Waals surface area (Å²) in [6.45, 7) is 3.72. The number of nitrogens with zero attached hydrogens (tertiary/aromatic N) is 2. The minimum absolute atomic E-state index is 0.197. The number of thioether (sulfide) groups is 1. The molecule has 2 aromatic heterocycles. The highest BCUT2D eigenvalue weighted by molar-refractivity contribution is 7.98. The summed E-state index contributed by atoms with van der Waals surface area (Å²) in [6.07, 6.45) is 3.27. The van der Waals surface area contributed by atoms with Crippen LogP contribution in [0.3, 0.4) is 0 Å².